The quantitative estimate of drug-likeness (QED) is 0.385. The van der Waals surface area contributed by atoms with Crippen LogP contribution in [0, 0.1) is 0 Å². The van der Waals surface area contributed by atoms with Crippen LogP contribution >= 0.6 is 11.3 Å². The Kier molecular flexibility index (Phi) is 4.95. The van der Waals surface area contributed by atoms with Gasteiger partial charge in [-0.05, 0) is 53.6 Å². The van der Waals surface area contributed by atoms with Crippen LogP contribution in [0.5, 0.6) is 11.5 Å². The van der Waals surface area contributed by atoms with Gasteiger partial charge in [0.2, 0.25) is 0 Å². The molecule has 1 aromatic heterocycles. The summed E-state index contributed by atoms with van der Waals surface area (Å²) in [6.45, 7) is 0. The monoisotopic (exact) mass is 372 g/mol. The van der Waals surface area contributed by atoms with Crippen molar-refractivity contribution in [1.82, 2.24) is 0 Å². The Morgan fingerprint density at radius 3 is 2.00 bits per heavy atom. The maximum absolute atomic E-state index is 5.30. The van der Waals surface area contributed by atoms with E-state index < -0.39 is 0 Å². The molecule has 4 rings (SSSR count). The van der Waals surface area contributed by atoms with Crippen molar-refractivity contribution in [1.29, 1.82) is 0 Å². The third kappa shape index (κ3) is 3.60. The first kappa shape index (κ1) is 17.4. The summed E-state index contributed by atoms with van der Waals surface area (Å²) in [6, 6.07) is 24.9. The van der Waals surface area contributed by atoms with Crippen LogP contribution in [0.25, 0.3) is 32.7 Å². The second-order valence-electron chi connectivity index (χ2n) is 6.18. The van der Waals surface area contributed by atoms with Gasteiger partial charge in [-0.3, -0.25) is 0 Å². The standard InChI is InChI=1S/C24H20O2S/c1-25-19-12-7-17(8-13-19)9-16-22-21-5-3-4-6-23(21)27-24(22)18-10-14-20(26-2)15-11-18/h3-16H,1-2H3/b16-9+. The zero-order chi connectivity index (χ0) is 18.6. The molecule has 0 spiro atoms. The molecule has 1 heterocycles. The normalized spacial score (nSPS) is 11.2. The lowest BCUT2D eigenvalue weighted by Gasteiger charge is -2.04. The molecule has 0 N–H and O–H groups in total. The van der Waals surface area contributed by atoms with E-state index in [0.29, 0.717) is 0 Å². The minimum absolute atomic E-state index is 0.868. The molecule has 0 bridgehead atoms. The molecule has 4 aromatic rings. The second-order valence-corrected chi connectivity index (χ2v) is 7.23. The Labute approximate surface area is 163 Å². The van der Waals surface area contributed by atoms with Gasteiger partial charge in [0.25, 0.3) is 0 Å². The Hall–Kier alpha value is -3.04. The predicted octanol–water partition coefficient (Wildman–Crippen LogP) is 6.76. The number of rotatable bonds is 5. The number of ether oxygens (including phenoxy) is 2. The molecule has 0 aliphatic heterocycles. The van der Waals surface area contributed by atoms with Crippen molar-refractivity contribution in [3.05, 3.63) is 83.9 Å². The van der Waals surface area contributed by atoms with Crippen molar-refractivity contribution in [2.24, 2.45) is 0 Å². The van der Waals surface area contributed by atoms with Crippen LogP contribution in [0.15, 0.2) is 72.8 Å². The third-order valence-corrected chi connectivity index (χ3v) is 5.78. The molecule has 0 radical (unpaired) electrons. The molecule has 27 heavy (non-hydrogen) atoms. The summed E-state index contributed by atoms with van der Waals surface area (Å²) in [5, 5.41) is 1.28. The fourth-order valence-corrected chi connectivity index (χ4v) is 4.28. The Balaban J connectivity index is 1.78. The largest absolute Gasteiger partial charge is 0.497 e. The summed E-state index contributed by atoms with van der Waals surface area (Å²) in [4.78, 5) is 1.27. The first-order chi connectivity index (χ1) is 13.3. The SMILES string of the molecule is COc1ccc(/C=C/c2c(-c3ccc(OC)cc3)sc3ccccc23)cc1. The van der Waals surface area contributed by atoms with E-state index in [0.717, 1.165) is 17.1 Å². The topological polar surface area (TPSA) is 18.5 Å². The molecule has 0 atom stereocenters. The molecule has 0 saturated carbocycles. The van der Waals surface area contributed by atoms with Crippen LogP contribution in [0.1, 0.15) is 11.1 Å². The number of methoxy groups -OCH3 is 2. The van der Waals surface area contributed by atoms with Gasteiger partial charge >= 0.3 is 0 Å². The average molecular weight is 372 g/mol. The zero-order valence-corrected chi connectivity index (χ0v) is 16.1. The van der Waals surface area contributed by atoms with Crippen LogP contribution in [0.2, 0.25) is 0 Å². The molecule has 3 aromatic carbocycles. The Bertz CT molecular complexity index is 1070. The van der Waals surface area contributed by atoms with E-state index in [1.165, 1.54) is 26.1 Å². The van der Waals surface area contributed by atoms with Gasteiger partial charge in [-0.25, -0.2) is 0 Å². The van der Waals surface area contributed by atoms with Gasteiger partial charge in [-0.2, -0.15) is 0 Å². The predicted molar refractivity (Wildman–Crippen MR) is 116 cm³/mol. The molecule has 0 fully saturated rings. The number of hydrogen-bond acceptors (Lipinski definition) is 3. The molecule has 3 heteroatoms. The first-order valence-corrected chi connectivity index (χ1v) is 9.58. The Morgan fingerprint density at radius 1 is 0.704 bits per heavy atom. The summed E-state index contributed by atoms with van der Waals surface area (Å²) in [5.74, 6) is 1.74. The van der Waals surface area contributed by atoms with Crippen molar-refractivity contribution in [2.75, 3.05) is 14.2 Å². The highest BCUT2D eigenvalue weighted by Gasteiger charge is 2.11. The highest BCUT2D eigenvalue weighted by molar-refractivity contribution is 7.22. The third-order valence-electron chi connectivity index (χ3n) is 4.54. The van der Waals surface area contributed by atoms with Crippen LogP contribution in [-0.4, -0.2) is 14.2 Å². The van der Waals surface area contributed by atoms with Crippen molar-refractivity contribution >= 4 is 33.6 Å². The van der Waals surface area contributed by atoms with E-state index in [1.54, 1.807) is 14.2 Å². The highest BCUT2D eigenvalue weighted by atomic mass is 32.1. The van der Waals surface area contributed by atoms with Gasteiger partial charge in [-0.1, -0.05) is 42.5 Å². The fraction of sp³-hybridized carbons (Fsp3) is 0.0833. The Morgan fingerprint density at radius 2 is 1.33 bits per heavy atom. The van der Waals surface area contributed by atoms with E-state index >= 15 is 0 Å². The lowest BCUT2D eigenvalue weighted by Crippen LogP contribution is -1.83. The molecule has 0 unspecified atom stereocenters. The van der Waals surface area contributed by atoms with Crippen molar-refractivity contribution in [3.63, 3.8) is 0 Å². The second kappa shape index (κ2) is 7.68. The molecule has 2 nitrogen and oxygen atoms in total. The van der Waals surface area contributed by atoms with E-state index in [9.17, 15) is 0 Å². The zero-order valence-electron chi connectivity index (χ0n) is 15.3. The number of thiophene rings is 1. The number of fused-ring (bicyclic) bond motifs is 1. The van der Waals surface area contributed by atoms with Crippen LogP contribution in [0.3, 0.4) is 0 Å². The van der Waals surface area contributed by atoms with Gasteiger partial charge in [-0.15, -0.1) is 11.3 Å². The lowest BCUT2D eigenvalue weighted by atomic mass is 10.0. The summed E-state index contributed by atoms with van der Waals surface area (Å²) < 4.78 is 11.8. The molecular formula is C24H20O2S. The van der Waals surface area contributed by atoms with Gasteiger partial charge < -0.3 is 9.47 Å². The summed E-state index contributed by atoms with van der Waals surface area (Å²) in [5.41, 5.74) is 3.59. The van der Waals surface area contributed by atoms with Crippen molar-refractivity contribution in [2.45, 2.75) is 0 Å². The molecule has 0 amide bonds. The summed E-state index contributed by atoms with van der Waals surface area (Å²) in [6.07, 6.45) is 4.36. The van der Waals surface area contributed by atoms with Crippen molar-refractivity contribution in [3.8, 4) is 21.9 Å². The van der Waals surface area contributed by atoms with Crippen LogP contribution in [0.4, 0.5) is 0 Å². The number of benzene rings is 3. The maximum Gasteiger partial charge on any atom is 0.118 e. The minimum Gasteiger partial charge on any atom is -0.497 e. The fourth-order valence-electron chi connectivity index (χ4n) is 3.08. The number of hydrogen-bond donors (Lipinski definition) is 0. The highest BCUT2D eigenvalue weighted by Crippen LogP contribution is 2.40. The lowest BCUT2D eigenvalue weighted by molar-refractivity contribution is 0.414. The first-order valence-electron chi connectivity index (χ1n) is 8.76. The molecule has 0 aliphatic carbocycles. The molecule has 0 saturated heterocycles. The van der Waals surface area contributed by atoms with E-state index in [4.69, 9.17) is 9.47 Å². The van der Waals surface area contributed by atoms with Crippen LogP contribution in [-0.2, 0) is 0 Å². The molecule has 134 valence electrons. The smallest absolute Gasteiger partial charge is 0.118 e. The van der Waals surface area contributed by atoms with Gasteiger partial charge in [0, 0.05) is 20.5 Å². The summed E-state index contributed by atoms with van der Waals surface area (Å²) >= 11 is 1.82. The molecule has 0 aliphatic rings. The van der Waals surface area contributed by atoms with E-state index in [-0.39, 0.29) is 0 Å². The summed E-state index contributed by atoms with van der Waals surface area (Å²) in [7, 11) is 3.38. The van der Waals surface area contributed by atoms with Gasteiger partial charge in [0.05, 0.1) is 14.2 Å². The van der Waals surface area contributed by atoms with Crippen LogP contribution < -0.4 is 9.47 Å². The maximum atomic E-state index is 5.30. The van der Waals surface area contributed by atoms with Gasteiger partial charge in [0.15, 0.2) is 0 Å². The van der Waals surface area contributed by atoms with Crippen molar-refractivity contribution < 1.29 is 9.47 Å². The van der Waals surface area contributed by atoms with Gasteiger partial charge in [0.1, 0.15) is 11.5 Å². The van der Waals surface area contributed by atoms with E-state index in [1.807, 2.05) is 35.6 Å². The minimum atomic E-state index is 0.868. The average Bonchev–Trinajstić information content (AvgIpc) is 3.11. The molecular weight excluding hydrogens is 352 g/mol. The van der Waals surface area contributed by atoms with E-state index in [2.05, 4.69) is 60.7 Å².